The number of hydrogen-bond acceptors (Lipinski definition) is 0. The molecular formula is C19H18N+. The Balaban J connectivity index is 2.02. The highest BCUT2D eigenvalue weighted by molar-refractivity contribution is 5.92. The summed E-state index contributed by atoms with van der Waals surface area (Å²) >= 11 is 0. The van der Waals surface area contributed by atoms with Crippen LogP contribution < -0.4 is 4.57 Å². The Morgan fingerprint density at radius 1 is 0.850 bits per heavy atom. The molecule has 0 spiro atoms. The minimum atomic E-state index is 1.26. The Morgan fingerprint density at radius 3 is 2.45 bits per heavy atom. The largest absolute Gasteiger partial charge is 0.207 e. The molecule has 0 aliphatic carbocycles. The van der Waals surface area contributed by atoms with Crippen LogP contribution in [-0.2, 0) is 7.05 Å². The van der Waals surface area contributed by atoms with E-state index in [-0.39, 0.29) is 0 Å². The Hall–Kier alpha value is -2.41. The van der Waals surface area contributed by atoms with Crippen molar-refractivity contribution in [2.24, 2.45) is 7.05 Å². The summed E-state index contributed by atoms with van der Waals surface area (Å²) in [4.78, 5) is 0. The van der Waals surface area contributed by atoms with Crippen LogP contribution in [0.4, 0.5) is 0 Å². The van der Waals surface area contributed by atoms with Crippen LogP contribution in [0.1, 0.15) is 16.7 Å². The van der Waals surface area contributed by atoms with Crippen LogP contribution in [0.15, 0.2) is 60.9 Å². The molecule has 0 saturated carbocycles. The quantitative estimate of drug-likeness (QED) is 0.610. The topological polar surface area (TPSA) is 3.88 Å². The smallest absolute Gasteiger partial charge is 0.172 e. The van der Waals surface area contributed by atoms with Gasteiger partial charge < -0.3 is 0 Å². The second kappa shape index (κ2) is 5.30. The molecule has 1 nitrogen and oxygen atoms in total. The Morgan fingerprint density at radius 2 is 1.60 bits per heavy atom. The molecule has 0 atom stereocenters. The van der Waals surface area contributed by atoms with E-state index in [4.69, 9.17) is 0 Å². The molecule has 0 unspecified atom stereocenters. The van der Waals surface area contributed by atoms with Gasteiger partial charge in [-0.2, -0.15) is 0 Å². The van der Waals surface area contributed by atoms with Crippen LogP contribution in [0.25, 0.3) is 22.9 Å². The summed E-state index contributed by atoms with van der Waals surface area (Å²) in [5, 5.41) is 2.58. The van der Waals surface area contributed by atoms with Gasteiger partial charge in [-0.25, -0.2) is 4.57 Å². The lowest BCUT2D eigenvalue weighted by molar-refractivity contribution is -0.671. The van der Waals surface area contributed by atoms with E-state index >= 15 is 0 Å². The second-order valence-corrected chi connectivity index (χ2v) is 5.15. The molecular weight excluding hydrogens is 242 g/mol. The maximum Gasteiger partial charge on any atom is 0.172 e. The molecule has 1 heteroatoms. The Bertz CT molecular complexity index is 779. The first-order chi connectivity index (χ1) is 9.74. The lowest BCUT2D eigenvalue weighted by Crippen LogP contribution is -2.26. The highest BCUT2D eigenvalue weighted by Crippen LogP contribution is 2.20. The van der Waals surface area contributed by atoms with Crippen molar-refractivity contribution in [2.75, 3.05) is 0 Å². The van der Waals surface area contributed by atoms with E-state index in [1.54, 1.807) is 0 Å². The van der Waals surface area contributed by atoms with Gasteiger partial charge in [0.15, 0.2) is 12.4 Å². The third kappa shape index (κ3) is 2.48. The number of fused-ring (bicyclic) bond motifs is 1. The number of pyridine rings is 1. The number of hydrogen-bond donors (Lipinski definition) is 0. The van der Waals surface area contributed by atoms with Gasteiger partial charge in [0.05, 0.1) is 0 Å². The predicted octanol–water partition coefficient (Wildman–Crippen LogP) is 4.14. The summed E-state index contributed by atoms with van der Waals surface area (Å²) in [5.74, 6) is 0. The van der Waals surface area contributed by atoms with Gasteiger partial charge in [0.1, 0.15) is 7.05 Å². The van der Waals surface area contributed by atoms with Crippen molar-refractivity contribution in [2.45, 2.75) is 6.92 Å². The van der Waals surface area contributed by atoms with Gasteiger partial charge in [0.2, 0.25) is 0 Å². The van der Waals surface area contributed by atoms with Gasteiger partial charge in [-0.15, -0.1) is 0 Å². The molecule has 0 fully saturated rings. The molecule has 0 N–H and O–H groups in total. The average molecular weight is 260 g/mol. The van der Waals surface area contributed by atoms with Gasteiger partial charge in [0.25, 0.3) is 0 Å². The van der Waals surface area contributed by atoms with Crippen molar-refractivity contribution < 1.29 is 4.57 Å². The molecule has 1 aromatic heterocycles. The first kappa shape index (κ1) is 12.6. The number of aryl methyl sites for hydroxylation is 2. The average Bonchev–Trinajstić information content (AvgIpc) is 2.46. The fraction of sp³-hybridized carbons (Fsp3) is 0.105. The predicted molar refractivity (Wildman–Crippen MR) is 85.2 cm³/mol. The zero-order valence-electron chi connectivity index (χ0n) is 11.9. The lowest BCUT2D eigenvalue weighted by Gasteiger charge is -2.02. The molecule has 3 aromatic rings. The molecule has 0 aliphatic rings. The van der Waals surface area contributed by atoms with Crippen LogP contribution in [0.3, 0.4) is 0 Å². The molecule has 0 radical (unpaired) electrons. The monoisotopic (exact) mass is 260 g/mol. The first-order valence-electron chi connectivity index (χ1n) is 6.86. The molecule has 0 amide bonds. The number of rotatable bonds is 2. The minimum absolute atomic E-state index is 1.26. The summed E-state index contributed by atoms with van der Waals surface area (Å²) in [6.07, 6.45) is 8.61. The molecule has 1 heterocycles. The number of nitrogens with zero attached hydrogens (tertiary/aromatic N) is 1. The van der Waals surface area contributed by atoms with Crippen LogP contribution >= 0.6 is 0 Å². The van der Waals surface area contributed by atoms with Crippen LogP contribution in [0.2, 0.25) is 0 Å². The Labute approximate surface area is 119 Å². The van der Waals surface area contributed by atoms with Crippen molar-refractivity contribution >= 4 is 22.9 Å². The molecule has 0 saturated heterocycles. The van der Waals surface area contributed by atoms with Crippen molar-refractivity contribution in [1.29, 1.82) is 0 Å². The van der Waals surface area contributed by atoms with E-state index in [2.05, 4.69) is 84.6 Å². The zero-order valence-corrected chi connectivity index (χ0v) is 11.9. The van der Waals surface area contributed by atoms with Gasteiger partial charge in [0, 0.05) is 11.6 Å². The van der Waals surface area contributed by atoms with Gasteiger partial charge >= 0.3 is 0 Å². The highest BCUT2D eigenvalue weighted by Gasteiger charge is 2.00. The summed E-state index contributed by atoms with van der Waals surface area (Å²) in [7, 11) is 2.05. The van der Waals surface area contributed by atoms with E-state index in [1.807, 2.05) is 7.05 Å². The van der Waals surface area contributed by atoms with Gasteiger partial charge in [-0.1, -0.05) is 54.6 Å². The van der Waals surface area contributed by atoms with E-state index in [0.29, 0.717) is 0 Å². The summed E-state index contributed by atoms with van der Waals surface area (Å²) < 4.78 is 2.07. The fourth-order valence-electron chi connectivity index (χ4n) is 2.51. The van der Waals surface area contributed by atoms with E-state index < -0.39 is 0 Å². The van der Waals surface area contributed by atoms with E-state index in [1.165, 1.54) is 27.5 Å². The molecule has 20 heavy (non-hydrogen) atoms. The molecule has 0 bridgehead atoms. The molecule has 98 valence electrons. The normalized spacial score (nSPS) is 11.3. The molecule has 2 aromatic carbocycles. The molecule has 0 aliphatic heterocycles. The summed E-state index contributed by atoms with van der Waals surface area (Å²) in [5.41, 5.74) is 3.80. The van der Waals surface area contributed by atoms with E-state index in [0.717, 1.165) is 0 Å². The van der Waals surface area contributed by atoms with Crippen LogP contribution in [0.5, 0.6) is 0 Å². The highest BCUT2D eigenvalue weighted by atomic mass is 14.9. The minimum Gasteiger partial charge on any atom is -0.207 e. The summed E-state index contributed by atoms with van der Waals surface area (Å²) in [6.45, 7) is 2.14. The number of aromatic nitrogens is 1. The van der Waals surface area contributed by atoms with Crippen LogP contribution in [-0.4, -0.2) is 0 Å². The van der Waals surface area contributed by atoms with Crippen molar-refractivity contribution in [3.63, 3.8) is 0 Å². The van der Waals surface area contributed by atoms with Crippen molar-refractivity contribution in [3.05, 3.63) is 77.6 Å². The first-order valence-corrected chi connectivity index (χ1v) is 6.86. The molecule has 3 rings (SSSR count). The van der Waals surface area contributed by atoms with Crippen molar-refractivity contribution in [1.82, 2.24) is 0 Å². The zero-order chi connectivity index (χ0) is 13.9. The lowest BCUT2D eigenvalue weighted by atomic mass is 10.0. The number of benzene rings is 2. The maximum atomic E-state index is 2.20. The second-order valence-electron chi connectivity index (χ2n) is 5.15. The maximum absolute atomic E-state index is 2.20. The van der Waals surface area contributed by atoms with Gasteiger partial charge in [-0.05, 0) is 28.8 Å². The standard InChI is InChI=1S/C19H18N/c1-15-14-20(2)13-12-16(15)10-11-18-8-5-7-17-6-3-4-9-19(17)18/h3-14H,1-2H3/q+1/b11-10+. The fourth-order valence-corrected chi connectivity index (χ4v) is 2.51. The van der Waals surface area contributed by atoms with Gasteiger partial charge in [-0.3, -0.25) is 0 Å². The third-order valence-electron chi connectivity index (χ3n) is 3.61. The SMILES string of the molecule is Cc1c[n+](C)ccc1/C=C/c1cccc2ccccc12. The van der Waals surface area contributed by atoms with Crippen molar-refractivity contribution in [3.8, 4) is 0 Å². The Kier molecular flexibility index (Phi) is 3.34. The summed E-state index contributed by atoms with van der Waals surface area (Å²) in [6, 6.07) is 17.1. The van der Waals surface area contributed by atoms with E-state index in [9.17, 15) is 0 Å². The third-order valence-corrected chi connectivity index (χ3v) is 3.61. The van der Waals surface area contributed by atoms with Crippen LogP contribution in [0, 0.1) is 6.92 Å².